The molecule has 1 aliphatic heterocycles. The first-order valence-corrected chi connectivity index (χ1v) is 8.77. The van der Waals surface area contributed by atoms with E-state index < -0.39 is 5.97 Å². The van der Waals surface area contributed by atoms with Gasteiger partial charge in [0.25, 0.3) is 0 Å². The number of carboxylic acids is 1. The summed E-state index contributed by atoms with van der Waals surface area (Å²) in [6, 6.07) is 16.9. The summed E-state index contributed by atoms with van der Waals surface area (Å²) >= 11 is 0. The van der Waals surface area contributed by atoms with Crippen LogP contribution in [-0.4, -0.2) is 35.7 Å². The molecule has 2 atom stereocenters. The number of methoxy groups -OCH3 is 1. The summed E-state index contributed by atoms with van der Waals surface area (Å²) in [6.45, 7) is 3.60. The Hall–Kier alpha value is -2.33. The Morgan fingerprint density at radius 1 is 1.16 bits per heavy atom. The number of carboxylic acid groups (broad SMARTS) is 1. The van der Waals surface area contributed by atoms with Gasteiger partial charge in [-0.25, -0.2) is 0 Å². The summed E-state index contributed by atoms with van der Waals surface area (Å²) in [5.74, 6) is -0.0586. The molecule has 1 heterocycles. The molecular formula is C21H25NO3. The molecule has 4 heteroatoms. The van der Waals surface area contributed by atoms with Crippen molar-refractivity contribution in [3.05, 3.63) is 54.1 Å². The number of likely N-dealkylation sites (tertiary alicyclic amines) is 1. The molecule has 0 spiro atoms. The Labute approximate surface area is 149 Å². The van der Waals surface area contributed by atoms with E-state index in [1.165, 1.54) is 5.56 Å². The van der Waals surface area contributed by atoms with Gasteiger partial charge in [0.05, 0.1) is 13.0 Å². The van der Waals surface area contributed by atoms with Crippen molar-refractivity contribution in [1.82, 2.24) is 4.90 Å². The number of carbonyl (C=O) groups is 1. The van der Waals surface area contributed by atoms with Crippen LogP contribution in [0.3, 0.4) is 0 Å². The zero-order valence-corrected chi connectivity index (χ0v) is 14.8. The quantitative estimate of drug-likeness (QED) is 0.893. The molecule has 1 saturated heterocycles. The summed E-state index contributed by atoms with van der Waals surface area (Å²) in [4.78, 5) is 13.6. The molecule has 0 bridgehead atoms. The second kappa shape index (κ2) is 7.70. The van der Waals surface area contributed by atoms with Crippen LogP contribution in [0.2, 0.25) is 0 Å². The van der Waals surface area contributed by atoms with Crippen molar-refractivity contribution >= 4 is 5.97 Å². The van der Waals surface area contributed by atoms with Crippen LogP contribution < -0.4 is 4.74 Å². The number of nitrogens with zero attached hydrogens (tertiary/aromatic N) is 1. The average molecular weight is 339 g/mol. The van der Waals surface area contributed by atoms with Crippen LogP contribution >= 0.6 is 0 Å². The fourth-order valence-electron chi connectivity index (χ4n) is 3.51. The van der Waals surface area contributed by atoms with Gasteiger partial charge in [0.2, 0.25) is 0 Å². The second-order valence-electron chi connectivity index (χ2n) is 6.79. The fraction of sp³-hybridized carbons (Fsp3) is 0.381. The van der Waals surface area contributed by atoms with E-state index in [9.17, 15) is 9.90 Å². The smallest absolute Gasteiger partial charge is 0.307 e. The molecular weight excluding hydrogens is 314 g/mol. The Balaban J connectivity index is 1.73. The number of ether oxygens (including phenoxy) is 1. The molecule has 1 N–H and O–H groups in total. The molecule has 2 unspecified atom stereocenters. The minimum absolute atomic E-state index is 0.246. The largest absolute Gasteiger partial charge is 0.496 e. The van der Waals surface area contributed by atoms with Gasteiger partial charge in [-0.3, -0.25) is 9.69 Å². The van der Waals surface area contributed by atoms with Crippen LogP contribution in [0.15, 0.2) is 48.5 Å². The van der Waals surface area contributed by atoms with Crippen molar-refractivity contribution in [2.75, 3.05) is 13.7 Å². The standard InChI is InChI=1S/C21H25NO3/c1-15-7-10-18(21(23)24)14-22(15)13-16-8-11-17(12-9-16)19-5-3-4-6-20(19)25-2/h3-6,8-9,11-12,15,18H,7,10,13-14H2,1-2H3,(H,23,24). The number of hydrogen-bond donors (Lipinski definition) is 1. The molecule has 1 aliphatic rings. The molecule has 0 aromatic heterocycles. The minimum atomic E-state index is -0.677. The lowest BCUT2D eigenvalue weighted by atomic mass is 9.93. The van der Waals surface area contributed by atoms with Crippen LogP contribution in [0.25, 0.3) is 11.1 Å². The van der Waals surface area contributed by atoms with Gasteiger partial charge in [-0.1, -0.05) is 42.5 Å². The summed E-state index contributed by atoms with van der Waals surface area (Å²) in [7, 11) is 1.68. The van der Waals surface area contributed by atoms with E-state index in [1.54, 1.807) is 7.11 Å². The predicted molar refractivity (Wildman–Crippen MR) is 98.7 cm³/mol. The first kappa shape index (κ1) is 17.5. The van der Waals surface area contributed by atoms with E-state index in [2.05, 4.69) is 42.2 Å². The molecule has 0 amide bonds. The first-order chi connectivity index (χ1) is 12.1. The van der Waals surface area contributed by atoms with Crippen molar-refractivity contribution in [3.8, 4) is 16.9 Å². The van der Waals surface area contributed by atoms with Crippen LogP contribution in [0.5, 0.6) is 5.75 Å². The van der Waals surface area contributed by atoms with Gasteiger partial charge in [-0.2, -0.15) is 0 Å². The lowest BCUT2D eigenvalue weighted by Crippen LogP contribution is -2.43. The van der Waals surface area contributed by atoms with E-state index in [1.807, 2.05) is 18.2 Å². The number of rotatable bonds is 5. The maximum absolute atomic E-state index is 11.3. The fourth-order valence-corrected chi connectivity index (χ4v) is 3.51. The minimum Gasteiger partial charge on any atom is -0.496 e. The number of aliphatic carboxylic acids is 1. The third kappa shape index (κ3) is 4.02. The van der Waals surface area contributed by atoms with E-state index in [-0.39, 0.29) is 5.92 Å². The van der Waals surface area contributed by atoms with Crippen LogP contribution in [-0.2, 0) is 11.3 Å². The number of para-hydroxylation sites is 1. The van der Waals surface area contributed by atoms with Gasteiger partial charge >= 0.3 is 5.97 Å². The number of piperidine rings is 1. The maximum Gasteiger partial charge on any atom is 0.307 e. The third-order valence-corrected chi connectivity index (χ3v) is 5.12. The van der Waals surface area contributed by atoms with Gasteiger partial charge < -0.3 is 9.84 Å². The third-order valence-electron chi connectivity index (χ3n) is 5.12. The van der Waals surface area contributed by atoms with Crippen LogP contribution in [0, 0.1) is 5.92 Å². The van der Waals surface area contributed by atoms with E-state index >= 15 is 0 Å². The molecule has 25 heavy (non-hydrogen) atoms. The number of benzene rings is 2. The monoisotopic (exact) mass is 339 g/mol. The highest BCUT2D eigenvalue weighted by atomic mass is 16.5. The van der Waals surface area contributed by atoms with Crippen molar-refractivity contribution in [3.63, 3.8) is 0 Å². The van der Waals surface area contributed by atoms with E-state index in [4.69, 9.17) is 4.74 Å². The lowest BCUT2D eigenvalue weighted by molar-refractivity contribution is -0.144. The van der Waals surface area contributed by atoms with Gasteiger partial charge in [0, 0.05) is 24.7 Å². The highest BCUT2D eigenvalue weighted by Crippen LogP contribution is 2.30. The SMILES string of the molecule is COc1ccccc1-c1ccc(CN2CC(C(=O)O)CCC2C)cc1. The second-order valence-corrected chi connectivity index (χ2v) is 6.79. The molecule has 1 fully saturated rings. The first-order valence-electron chi connectivity index (χ1n) is 8.77. The van der Waals surface area contributed by atoms with E-state index in [0.29, 0.717) is 12.6 Å². The normalized spacial score (nSPS) is 21.0. The predicted octanol–water partition coefficient (Wildman–Crippen LogP) is 4.05. The zero-order valence-electron chi connectivity index (χ0n) is 14.8. The summed E-state index contributed by atoms with van der Waals surface area (Å²) in [6.07, 6.45) is 1.72. The van der Waals surface area contributed by atoms with Crippen molar-refractivity contribution < 1.29 is 14.6 Å². The maximum atomic E-state index is 11.3. The van der Waals surface area contributed by atoms with Crippen LogP contribution in [0.1, 0.15) is 25.3 Å². The van der Waals surface area contributed by atoms with Crippen LogP contribution in [0.4, 0.5) is 0 Å². The Morgan fingerprint density at radius 3 is 2.56 bits per heavy atom. The van der Waals surface area contributed by atoms with Crippen molar-refractivity contribution in [2.24, 2.45) is 5.92 Å². The van der Waals surface area contributed by atoms with E-state index in [0.717, 1.165) is 36.3 Å². The van der Waals surface area contributed by atoms with Gasteiger partial charge in [0.1, 0.15) is 5.75 Å². The topological polar surface area (TPSA) is 49.8 Å². The lowest BCUT2D eigenvalue weighted by Gasteiger charge is -2.36. The zero-order chi connectivity index (χ0) is 17.8. The molecule has 2 aromatic rings. The highest BCUT2D eigenvalue weighted by molar-refractivity contribution is 5.71. The molecule has 132 valence electrons. The Kier molecular flexibility index (Phi) is 5.39. The molecule has 2 aromatic carbocycles. The summed E-state index contributed by atoms with van der Waals surface area (Å²) < 4.78 is 5.44. The average Bonchev–Trinajstić information content (AvgIpc) is 2.64. The van der Waals surface area contributed by atoms with Crippen molar-refractivity contribution in [1.29, 1.82) is 0 Å². The summed E-state index contributed by atoms with van der Waals surface area (Å²) in [5.41, 5.74) is 3.40. The molecule has 0 radical (unpaired) electrons. The molecule has 3 rings (SSSR count). The molecule has 0 saturated carbocycles. The van der Waals surface area contributed by atoms with Gasteiger partial charge in [0.15, 0.2) is 0 Å². The summed E-state index contributed by atoms with van der Waals surface area (Å²) in [5, 5.41) is 9.28. The van der Waals surface area contributed by atoms with Gasteiger partial charge in [-0.15, -0.1) is 0 Å². The van der Waals surface area contributed by atoms with Gasteiger partial charge in [-0.05, 0) is 37.0 Å². The molecule has 4 nitrogen and oxygen atoms in total. The number of hydrogen-bond acceptors (Lipinski definition) is 3. The Bertz CT molecular complexity index is 726. The highest BCUT2D eigenvalue weighted by Gasteiger charge is 2.29. The molecule has 0 aliphatic carbocycles. The Morgan fingerprint density at radius 2 is 1.88 bits per heavy atom. The van der Waals surface area contributed by atoms with Crippen molar-refractivity contribution in [2.45, 2.75) is 32.4 Å².